The zero-order chi connectivity index (χ0) is 18.1. The molecule has 0 atom stereocenters. The Balaban J connectivity index is 1.48. The fraction of sp³-hybridized carbons (Fsp3) is 0.381. The molecular weight excluding hydrogens is 346 g/mol. The number of aryl methyl sites for hydroxylation is 2. The molecule has 1 aromatic carbocycles. The first-order valence-electron chi connectivity index (χ1n) is 9.13. The van der Waals surface area contributed by atoms with E-state index in [2.05, 4.69) is 11.0 Å². The van der Waals surface area contributed by atoms with Crippen LogP contribution in [0.1, 0.15) is 46.4 Å². The lowest BCUT2D eigenvalue weighted by molar-refractivity contribution is 0.0900. The molecule has 1 aliphatic carbocycles. The molecule has 0 saturated carbocycles. The number of hydrogen-bond acceptors (Lipinski definition) is 4. The predicted octanol–water partition coefficient (Wildman–Crippen LogP) is 4.19. The van der Waals surface area contributed by atoms with E-state index in [-0.39, 0.29) is 11.7 Å². The number of halogens is 1. The Morgan fingerprint density at radius 2 is 1.92 bits per heavy atom. The Morgan fingerprint density at radius 1 is 1.19 bits per heavy atom. The normalized spacial score (nSPS) is 17.0. The highest BCUT2D eigenvalue weighted by Gasteiger charge is 2.28. The van der Waals surface area contributed by atoms with Crippen LogP contribution in [0.25, 0.3) is 0 Å². The number of anilines is 1. The summed E-state index contributed by atoms with van der Waals surface area (Å²) in [6.07, 6.45) is 4.71. The molecule has 2 aliphatic rings. The van der Waals surface area contributed by atoms with Crippen molar-refractivity contribution in [2.24, 2.45) is 5.92 Å². The fourth-order valence-electron chi connectivity index (χ4n) is 3.99. The molecule has 4 nitrogen and oxygen atoms in total. The quantitative estimate of drug-likeness (QED) is 0.765. The zero-order valence-electron chi connectivity index (χ0n) is 14.5. The Kier molecular flexibility index (Phi) is 4.65. The first-order chi connectivity index (χ1) is 12.7. The summed E-state index contributed by atoms with van der Waals surface area (Å²) in [7, 11) is 0. The lowest BCUT2D eigenvalue weighted by Crippen LogP contribution is -2.37. The second kappa shape index (κ2) is 7.09. The standard InChI is InChI=1S/C21H20ClN3O/c22-18-6-4-14(5-7-18)20(26)15-8-10-25(11-9-15)21-17(13-23)12-16-2-1-3-19(16)24-21/h4-7,12,15H,1-3,8-11H2. The molecule has 0 bridgehead atoms. The first-order valence-corrected chi connectivity index (χ1v) is 9.51. The average molecular weight is 366 g/mol. The van der Waals surface area contributed by atoms with Crippen LogP contribution < -0.4 is 4.90 Å². The van der Waals surface area contributed by atoms with E-state index in [1.165, 1.54) is 5.56 Å². The fourth-order valence-corrected chi connectivity index (χ4v) is 4.11. The van der Waals surface area contributed by atoms with E-state index < -0.39 is 0 Å². The van der Waals surface area contributed by atoms with Gasteiger partial charge in [-0.05, 0) is 68.0 Å². The van der Waals surface area contributed by atoms with Gasteiger partial charge in [0.05, 0.1) is 5.56 Å². The molecule has 2 aromatic rings. The lowest BCUT2D eigenvalue weighted by atomic mass is 9.89. The van der Waals surface area contributed by atoms with Crippen LogP contribution in [0.5, 0.6) is 0 Å². The van der Waals surface area contributed by atoms with Crippen LogP contribution in [0, 0.1) is 17.2 Å². The van der Waals surface area contributed by atoms with Crippen molar-refractivity contribution >= 4 is 23.2 Å². The largest absolute Gasteiger partial charge is 0.355 e. The van der Waals surface area contributed by atoms with Gasteiger partial charge in [0.2, 0.25) is 0 Å². The van der Waals surface area contributed by atoms with Crippen LogP contribution in [0.4, 0.5) is 5.82 Å². The topological polar surface area (TPSA) is 57.0 Å². The number of aromatic nitrogens is 1. The highest BCUT2D eigenvalue weighted by molar-refractivity contribution is 6.30. The van der Waals surface area contributed by atoms with Gasteiger partial charge < -0.3 is 4.90 Å². The molecule has 5 heteroatoms. The van der Waals surface area contributed by atoms with Crippen LogP contribution in [0.2, 0.25) is 5.02 Å². The Bertz CT molecular complexity index is 877. The van der Waals surface area contributed by atoms with Gasteiger partial charge in [-0.2, -0.15) is 5.26 Å². The third kappa shape index (κ3) is 3.20. The van der Waals surface area contributed by atoms with Crippen molar-refractivity contribution in [3.8, 4) is 6.07 Å². The summed E-state index contributed by atoms with van der Waals surface area (Å²) >= 11 is 5.91. The number of Topliss-reactive ketones (excluding diaryl/α,β-unsaturated/α-hetero) is 1. The van der Waals surface area contributed by atoms with Crippen molar-refractivity contribution in [3.05, 3.63) is 57.7 Å². The molecule has 1 saturated heterocycles. The van der Waals surface area contributed by atoms with E-state index in [0.29, 0.717) is 10.6 Å². The van der Waals surface area contributed by atoms with Crippen LogP contribution in [0.15, 0.2) is 30.3 Å². The number of carbonyl (C=O) groups is 1. The van der Waals surface area contributed by atoms with Crippen LogP contribution in [0.3, 0.4) is 0 Å². The van der Waals surface area contributed by atoms with Gasteiger partial charge in [0, 0.05) is 35.3 Å². The molecule has 4 rings (SSSR count). The number of hydrogen-bond donors (Lipinski definition) is 0. The SMILES string of the molecule is N#Cc1cc2c(nc1N1CCC(C(=O)c3ccc(Cl)cc3)CC1)CCC2. The molecule has 0 spiro atoms. The molecule has 0 unspecified atom stereocenters. The number of nitrogens with zero attached hydrogens (tertiary/aromatic N) is 3. The van der Waals surface area contributed by atoms with Gasteiger partial charge in [-0.1, -0.05) is 11.6 Å². The minimum absolute atomic E-state index is 0.0207. The van der Waals surface area contributed by atoms with E-state index in [0.717, 1.165) is 62.3 Å². The monoisotopic (exact) mass is 365 g/mol. The highest BCUT2D eigenvalue weighted by Crippen LogP contribution is 2.30. The van der Waals surface area contributed by atoms with E-state index in [4.69, 9.17) is 16.6 Å². The van der Waals surface area contributed by atoms with E-state index in [1.54, 1.807) is 24.3 Å². The van der Waals surface area contributed by atoms with E-state index in [9.17, 15) is 10.1 Å². The third-order valence-corrected chi connectivity index (χ3v) is 5.70. The summed E-state index contributed by atoms with van der Waals surface area (Å²) < 4.78 is 0. The average Bonchev–Trinajstić information content (AvgIpc) is 3.14. The van der Waals surface area contributed by atoms with Crippen molar-refractivity contribution in [2.75, 3.05) is 18.0 Å². The van der Waals surface area contributed by atoms with E-state index in [1.807, 2.05) is 6.07 Å². The summed E-state index contributed by atoms with van der Waals surface area (Å²) in [5, 5.41) is 10.2. The van der Waals surface area contributed by atoms with Gasteiger partial charge in [-0.3, -0.25) is 4.79 Å². The maximum Gasteiger partial charge on any atom is 0.166 e. The number of benzene rings is 1. The second-order valence-corrected chi connectivity index (χ2v) is 7.50. The summed E-state index contributed by atoms with van der Waals surface area (Å²) in [5.41, 5.74) is 3.74. The summed E-state index contributed by atoms with van der Waals surface area (Å²) in [6.45, 7) is 1.51. The molecule has 2 heterocycles. The van der Waals surface area contributed by atoms with Crippen LogP contribution in [-0.2, 0) is 12.8 Å². The Morgan fingerprint density at radius 3 is 2.62 bits per heavy atom. The molecule has 0 N–H and O–H groups in total. The number of rotatable bonds is 3. The number of piperidine rings is 1. The minimum Gasteiger partial charge on any atom is -0.355 e. The Labute approximate surface area is 158 Å². The Hall–Kier alpha value is -2.38. The van der Waals surface area contributed by atoms with Gasteiger partial charge >= 0.3 is 0 Å². The summed E-state index contributed by atoms with van der Waals surface area (Å²) in [4.78, 5) is 19.7. The number of fused-ring (bicyclic) bond motifs is 1. The molecule has 0 amide bonds. The van der Waals surface area contributed by atoms with Crippen LogP contribution >= 0.6 is 11.6 Å². The molecule has 0 radical (unpaired) electrons. The van der Waals surface area contributed by atoms with Crippen molar-refractivity contribution in [3.63, 3.8) is 0 Å². The van der Waals surface area contributed by atoms with Gasteiger partial charge in [-0.25, -0.2) is 4.98 Å². The maximum absolute atomic E-state index is 12.7. The summed E-state index contributed by atoms with van der Waals surface area (Å²) in [5.74, 6) is 1.00. The van der Waals surface area contributed by atoms with Crippen molar-refractivity contribution in [1.29, 1.82) is 5.26 Å². The molecule has 1 aliphatic heterocycles. The van der Waals surface area contributed by atoms with Gasteiger partial charge in [-0.15, -0.1) is 0 Å². The van der Waals surface area contributed by atoms with Gasteiger partial charge in [0.15, 0.2) is 5.78 Å². The lowest BCUT2D eigenvalue weighted by Gasteiger charge is -2.33. The zero-order valence-corrected chi connectivity index (χ0v) is 15.3. The van der Waals surface area contributed by atoms with Crippen molar-refractivity contribution in [1.82, 2.24) is 4.98 Å². The second-order valence-electron chi connectivity index (χ2n) is 7.06. The first kappa shape index (κ1) is 17.1. The number of nitriles is 1. The van der Waals surface area contributed by atoms with Crippen LogP contribution in [-0.4, -0.2) is 23.9 Å². The van der Waals surface area contributed by atoms with Crippen molar-refractivity contribution in [2.45, 2.75) is 32.1 Å². The minimum atomic E-state index is 0.0207. The summed E-state index contributed by atoms with van der Waals surface area (Å²) in [6, 6.07) is 11.4. The third-order valence-electron chi connectivity index (χ3n) is 5.45. The molecule has 1 aromatic heterocycles. The predicted molar refractivity (Wildman–Crippen MR) is 102 cm³/mol. The smallest absolute Gasteiger partial charge is 0.166 e. The van der Waals surface area contributed by atoms with Gasteiger partial charge in [0.1, 0.15) is 11.9 Å². The van der Waals surface area contributed by atoms with Crippen molar-refractivity contribution < 1.29 is 4.79 Å². The number of carbonyl (C=O) groups excluding carboxylic acids is 1. The molecule has 132 valence electrons. The number of ketones is 1. The van der Waals surface area contributed by atoms with Gasteiger partial charge in [0.25, 0.3) is 0 Å². The maximum atomic E-state index is 12.7. The highest BCUT2D eigenvalue weighted by atomic mass is 35.5. The molecule has 1 fully saturated rings. The number of pyridine rings is 1. The van der Waals surface area contributed by atoms with E-state index >= 15 is 0 Å². The molecular formula is C21H20ClN3O. The molecule has 26 heavy (non-hydrogen) atoms.